The maximum atomic E-state index is 5.95. The van der Waals surface area contributed by atoms with Crippen LogP contribution < -0.4 is 15.8 Å². The maximum Gasteiger partial charge on any atom is 0.142 e. The molecule has 0 aromatic heterocycles. The van der Waals surface area contributed by atoms with Gasteiger partial charge in [0, 0.05) is 6.54 Å². The lowest BCUT2D eigenvalue weighted by Gasteiger charge is -2.20. The maximum absolute atomic E-state index is 5.95. The predicted octanol–water partition coefficient (Wildman–Crippen LogP) is 0.923. The molecule has 0 amide bonds. The molecule has 3 N–H and O–H groups in total. The number of ether oxygens (including phenoxy) is 1. The van der Waals surface area contributed by atoms with Crippen molar-refractivity contribution >= 4 is 5.69 Å². The number of rotatable bonds is 1. The highest BCUT2D eigenvalue weighted by Gasteiger charge is 2.13. The van der Waals surface area contributed by atoms with E-state index < -0.39 is 0 Å². The van der Waals surface area contributed by atoms with Crippen molar-refractivity contribution in [3.05, 3.63) is 23.3 Å². The normalized spacial score (nSPS) is 15.2. The number of benzene rings is 1. The molecule has 70 valence electrons. The summed E-state index contributed by atoms with van der Waals surface area (Å²) >= 11 is 0. The van der Waals surface area contributed by atoms with Crippen LogP contribution in [0.15, 0.2) is 12.1 Å². The van der Waals surface area contributed by atoms with Crippen molar-refractivity contribution in [2.75, 3.05) is 19.4 Å². The molecule has 1 aromatic carbocycles. The lowest BCUT2D eigenvalue weighted by atomic mass is 9.99. The molecule has 2 rings (SSSR count). The van der Waals surface area contributed by atoms with Crippen LogP contribution in [0.4, 0.5) is 5.69 Å². The van der Waals surface area contributed by atoms with E-state index in [0.29, 0.717) is 0 Å². The topological polar surface area (TPSA) is 47.3 Å². The minimum absolute atomic E-state index is 0.780. The molecule has 1 heterocycles. The van der Waals surface area contributed by atoms with E-state index >= 15 is 0 Å². The van der Waals surface area contributed by atoms with Crippen LogP contribution >= 0.6 is 0 Å². The summed E-state index contributed by atoms with van der Waals surface area (Å²) in [6.07, 6.45) is 1.06. The molecule has 0 spiro atoms. The minimum atomic E-state index is 0.780. The molecule has 0 fully saturated rings. The summed E-state index contributed by atoms with van der Waals surface area (Å²) in [6.45, 7) is 1.90. The highest BCUT2D eigenvalue weighted by molar-refractivity contribution is 5.61. The van der Waals surface area contributed by atoms with Gasteiger partial charge in [-0.1, -0.05) is 6.07 Å². The van der Waals surface area contributed by atoms with E-state index in [2.05, 4.69) is 11.4 Å². The average Bonchev–Trinajstić information content (AvgIpc) is 2.19. The fraction of sp³-hybridized carbons (Fsp3) is 0.400. The SMILES string of the molecule is COc1ccc2c(c1N)CNCC2. The average molecular weight is 178 g/mol. The molecule has 0 saturated carbocycles. The van der Waals surface area contributed by atoms with Crippen LogP contribution in [0.5, 0.6) is 5.75 Å². The summed E-state index contributed by atoms with van der Waals surface area (Å²) < 4.78 is 5.16. The number of nitrogen functional groups attached to an aromatic ring is 1. The monoisotopic (exact) mass is 178 g/mol. The van der Waals surface area contributed by atoms with Crippen LogP contribution in [0.25, 0.3) is 0 Å². The van der Waals surface area contributed by atoms with Gasteiger partial charge in [-0.2, -0.15) is 0 Å². The number of methoxy groups -OCH3 is 1. The Bertz CT molecular complexity index is 323. The third-order valence-electron chi connectivity index (χ3n) is 2.51. The van der Waals surface area contributed by atoms with Crippen LogP contribution in [0.1, 0.15) is 11.1 Å². The minimum Gasteiger partial charge on any atom is -0.495 e. The van der Waals surface area contributed by atoms with Gasteiger partial charge in [-0.15, -0.1) is 0 Å². The second kappa shape index (κ2) is 3.26. The van der Waals surface area contributed by atoms with Crippen molar-refractivity contribution in [1.29, 1.82) is 0 Å². The number of fused-ring (bicyclic) bond motifs is 1. The number of anilines is 1. The fourth-order valence-electron chi connectivity index (χ4n) is 1.75. The Labute approximate surface area is 77.9 Å². The van der Waals surface area contributed by atoms with Gasteiger partial charge < -0.3 is 15.8 Å². The second-order valence-corrected chi connectivity index (χ2v) is 3.25. The smallest absolute Gasteiger partial charge is 0.142 e. The van der Waals surface area contributed by atoms with Crippen molar-refractivity contribution < 1.29 is 4.74 Å². The van der Waals surface area contributed by atoms with Crippen LogP contribution in [-0.4, -0.2) is 13.7 Å². The van der Waals surface area contributed by atoms with Gasteiger partial charge in [0.1, 0.15) is 5.75 Å². The molecule has 1 aliphatic rings. The molecule has 3 nitrogen and oxygen atoms in total. The molecule has 1 aromatic rings. The van der Waals surface area contributed by atoms with Gasteiger partial charge in [0.2, 0.25) is 0 Å². The van der Waals surface area contributed by atoms with Gasteiger partial charge in [0.15, 0.2) is 0 Å². The number of hydrogen-bond donors (Lipinski definition) is 2. The van der Waals surface area contributed by atoms with E-state index in [9.17, 15) is 0 Å². The van der Waals surface area contributed by atoms with Crippen LogP contribution in [0.2, 0.25) is 0 Å². The molecular formula is C10H14N2O. The second-order valence-electron chi connectivity index (χ2n) is 3.25. The first-order valence-corrected chi connectivity index (χ1v) is 4.48. The standard InChI is InChI=1S/C10H14N2O/c1-13-9-3-2-7-4-5-12-6-8(7)10(9)11/h2-3,12H,4-6,11H2,1H3. The first kappa shape index (κ1) is 8.38. The summed E-state index contributed by atoms with van der Waals surface area (Å²) in [6, 6.07) is 4.05. The number of nitrogens with two attached hydrogens (primary N) is 1. The van der Waals surface area contributed by atoms with E-state index in [1.807, 2.05) is 6.07 Å². The van der Waals surface area contributed by atoms with Crippen molar-refractivity contribution in [1.82, 2.24) is 5.32 Å². The summed E-state index contributed by atoms with van der Waals surface area (Å²) in [5.74, 6) is 0.780. The van der Waals surface area contributed by atoms with E-state index in [0.717, 1.165) is 30.9 Å². The summed E-state index contributed by atoms with van der Waals surface area (Å²) in [4.78, 5) is 0. The molecule has 13 heavy (non-hydrogen) atoms. The highest BCUT2D eigenvalue weighted by Crippen LogP contribution is 2.29. The zero-order valence-electron chi connectivity index (χ0n) is 7.76. The molecule has 3 heteroatoms. The van der Waals surface area contributed by atoms with E-state index in [4.69, 9.17) is 10.5 Å². The van der Waals surface area contributed by atoms with Crippen molar-refractivity contribution in [3.8, 4) is 5.75 Å². The molecule has 0 atom stereocenters. The first-order valence-electron chi connectivity index (χ1n) is 4.48. The first-order chi connectivity index (χ1) is 6.33. The molecule has 0 aliphatic carbocycles. The lowest BCUT2D eigenvalue weighted by molar-refractivity contribution is 0.416. The molecule has 0 unspecified atom stereocenters. The number of nitrogens with one attached hydrogen (secondary N) is 1. The van der Waals surface area contributed by atoms with E-state index in [-0.39, 0.29) is 0 Å². The predicted molar refractivity (Wildman–Crippen MR) is 52.8 cm³/mol. The Kier molecular flexibility index (Phi) is 2.10. The highest BCUT2D eigenvalue weighted by atomic mass is 16.5. The Morgan fingerprint density at radius 3 is 3.08 bits per heavy atom. The number of hydrogen-bond acceptors (Lipinski definition) is 3. The summed E-state index contributed by atoms with van der Waals surface area (Å²) in [7, 11) is 1.65. The van der Waals surface area contributed by atoms with E-state index in [1.54, 1.807) is 7.11 Å². The van der Waals surface area contributed by atoms with Gasteiger partial charge in [-0.05, 0) is 30.2 Å². The van der Waals surface area contributed by atoms with Gasteiger partial charge >= 0.3 is 0 Å². The Morgan fingerprint density at radius 2 is 2.31 bits per heavy atom. The van der Waals surface area contributed by atoms with Gasteiger partial charge in [-0.3, -0.25) is 0 Å². The molecule has 1 aliphatic heterocycles. The largest absolute Gasteiger partial charge is 0.495 e. The Hall–Kier alpha value is -1.22. The zero-order valence-corrected chi connectivity index (χ0v) is 7.76. The van der Waals surface area contributed by atoms with Crippen molar-refractivity contribution in [2.24, 2.45) is 0 Å². The molecule has 0 bridgehead atoms. The van der Waals surface area contributed by atoms with Gasteiger partial charge in [-0.25, -0.2) is 0 Å². The van der Waals surface area contributed by atoms with E-state index in [1.165, 1.54) is 11.1 Å². The van der Waals surface area contributed by atoms with Gasteiger partial charge in [0.25, 0.3) is 0 Å². The third-order valence-corrected chi connectivity index (χ3v) is 2.51. The van der Waals surface area contributed by atoms with Crippen molar-refractivity contribution in [3.63, 3.8) is 0 Å². The Morgan fingerprint density at radius 1 is 1.46 bits per heavy atom. The van der Waals surface area contributed by atoms with Gasteiger partial charge in [0.05, 0.1) is 12.8 Å². The lowest BCUT2D eigenvalue weighted by Crippen LogP contribution is -2.24. The molecule has 0 saturated heterocycles. The van der Waals surface area contributed by atoms with Crippen LogP contribution in [0, 0.1) is 0 Å². The molecule has 0 radical (unpaired) electrons. The summed E-state index contributed by atoms with van der Waals surface area (Å²) in [5, 5.41) is 3.30. The van der Waals surface area contributed by atoms with Crippen LogP contribution in [0.3, 0.4) is 0 Å². The quantitative estimate of drug-likeness (QED) is 0.629. The summed E-state index contributed by atoms with van der Waals surface area (Å²) in [5.41, 5.74) is 9.28. The molecular weight excluding hydrogens is 164 g/mol. The Balaban J connectivity index is 2.48. The van der Waals surface area contributed by atoms with Crippen LogP contribution in [-0.2, 0) is 13.0 Å². The third kappa shape index (κ3) is 1.35. The van der Waals surface area contributed by atoms with Crippen molar-refractivity contribution in [2.45, 2.75) is 13.0 Å². The fourth-order valence-corrected chi connectivity index (χ4v) is 1.75. The zero-order chi connectivity index (χ0) is 9.26.